The molecule has 3 aromatic rings. The van der Waals surface area contributed by atoms with Crippen molar-refractivity contribution in [2.45, 2.75) is 4.90 Å². The number of rotatable bonds is 4. The first-order valence-corrected chi connectivity index (χ1v) is 11.1. The summed E-state index contributed by atoms with van der Waals surface area (Å²) in [7, 11) is -3.61. The van der Waals surface area contributed by atoms with Crippen molar-refractivity contribution in [2.75, 3.05) is 31.1 Å². The van der Waals surface area contributed by atoms with Crippen LogP contribution in [0, 0.1) is 5.82 Å². The van der Waals surface area contributed by atoms with Crippen LogP contribution >= 0.6 is 22.7 Å². The number of piperazine rings is 1. The molecule has 6 nitrogen and oxygen atoms in total. The van der Waals surface area contributed by atoms with E-state index in [0.29, 0.717) is 26.2 Å². The van der Waals surface area contributed by atoms with E-state index < -0.39 is 15.8 Å². The zero-order valence-electron chi connectivity index (χ0n) is 13.6. The number of thiophene rings is 1. The highest BCUT2D eigenvalue weighted by molar-refractivity contribution is 7.89. The Kier molecular flexibility index (Phi) is 4.74. The van der Waals surface area contributed by atoms with Gasteiger partial charge in [-0.05, 0) is 35.7 Å². The third kappa shape index (κ3) is 3.37. The molecule has 0 amide bonds. The molecule has 10 heteroatoms. The van der Waals surface area contributed by atoms with Gasteiger partial charge in [0.05, 0.1) is 9.77 Å². The fourth-order valence-corrected chi connectivity index (χ4v) is 5.83. The molecule has 1 aromatic carbocycles. The summed E-state index contributed by atoms with van der Waals surface area (Å²) >= 11 is 3.12. The Hall–Kier alpha value is -1.88. The molecule has 1 aliphatic rings. The quantitative estimate of drug-likeness (QED) is 0.662. The molecule has 0 N–H and O–H groups in total. The molecule has 1 saturated heterocycles. The van der Waals surface area contributed by atoms with Crippen molar-refractivity contribution in [1.82, 2.24) is 14.5 Å². The Labute approximate surface area is 158 Å². The monoisotopic (exact) mass is 410 g/mol. The van der Waals surface area contributed by atoms with Crippen molar-refractivity contribution in [2.24, 2.45) is 0 Å². The van der Waals surface area contributed by atoms with E-state index in [4.69, 9.17) is 0 Å². The second kappa shape index (κ2) is 7.03. The van der Waals surface area contributed by atoms with Crippen LogP contribution in [0.4, 0.5) is 9.52 Å². The number of sulfonamides is 1. The van der Waals surface area contributed by atoms with Gasteiger partial charge in [0.2, 0.25) is 15.2 Å². The number of benzene rings is 1. The Morgan fingerprint density at radius 1 is 1.00 bits per heavy atom. The summed E-state index contributed by atoms with van der Waals surface area (Å²) < 4.78 is 39.8. The molecule has 1 fully saturated rings. The number of halogens is 1. The average Bonchev–Trinajstić information content (AvgIpc) is 3.34. The average molecular weight is 411 g/mol. The molecule has 0 unspecified atom stereocenters. The van der Waals surface area contributed by atoms with Gasteiger partial charge in [-0.2, -0.15) is 4.31 Å². The zero-order valence-corrected chi connectivity index (χ0v) is 16.0. The maximum atomic E-state index is 13.0. The maximum Gasteiger partial charge on any atom is 0.243 e. The van der Waals surface area contributed by atoms with Gasteiger partial charge in [-0.15, -0.1) is 21.5 Å². The van der Waals surface area contributed by atoms with Gasteiger partial charge in [0, 0.05) is 26.2 Å². The number of anilines is 1. The molecular weight excluding hydrogens is 395 g/mol. The largest absolute Gasteiger partial charge is 0.344 e. The lowest BCUT2D eigenvalue weighted by Gasteiger charge is -2.33. The molecular formula is C16H15FN4O2S3. The third-order valence-corrected chi connectivity index (χ3v) is 8.04. The molecule has 0 atom stereocenters. The lowest BCUT2D eigenvalue weighted by Crippen LogP contribution is -2.48. The molecule has 4 rings (SSSR count). The van der Waals surface area contributed by atoms with Gasteiger partial charge in [0.25, 0.3) is 0 Å². The van der Waals surface area contributed by atoms with Crippen LogP contribution in [0.25, 0.3) is 9.88 Å². The van der Waals surface area contributed by atoms with Crippen LogP contribution in [0.2, 0.25) is 0 Å². The molecule has 0 bridgehead atoms. The van der Waals surface area contributed by atoms with Gasteiger partial charge < -0.3 is 4.90 Å². The van der Waals surface area contributed by atoms with Crippen LogP contribution in [-0.2, 0) is 10.0 Å². The lowest BCUT2D eigenvalue weighted by atomic mass is 10.4. The first-order valence-electron chi connectivity index (χ1n) is 7.92. The predicted molar refractivity (Wildman–Crippen MR) is 101 cm³/mol. The van der Waals surface area contributed by atoms with Crippen LogP contribution in [-0.4, -0.2) is 49.1 Å². The molecule has 1 aliphatic heterocycles. The van der Waals surface area contributed by atoms with Crippen LogP contribution in [0.5, 0.6) is 0 Å². The van der Waals surface area contributed by atoms with E-state index in [-0.39, 0.29) is 4.90 Å². The smallest absolute Gasteiger partial charge is 0.243 e. The minimum Gasteiger partial charge on any atom is -0.344 e. The molecule has 0 saturated carbocycles. The van der Waals surface area contributed by atoms with Crippen molar-refractivity contribution in [3.05, 3.63) is 47.6 Å². The maximum absolute atomic E-state index is 13.0. The van der Waals surface area contributed by atoms with Gasteiger partial charge in [0.15, 0.2) is 5.01 Å². The summed E-state index contributed by atoms with van der Waals surface area (Å²) in [6, 6.07) is 8.90. The van der Waals surface area contributed by atoms with E-state index in [9.17, 15) is 12.8 Å². The number of hydrogen-bond donors (Lipinski definition) is 0. The van der Waals surface area contributed by atoms with Gasteiger partial charge >= 0.3 is 0 Å². The lowest BCUT2D eigenvalue weighted by molar-refractivity contribution is 0.384. The first-order chi connectivity index (χ1) is 12.5. The highest BCUT2D eigenvalue weighted by Gasteiger charge is 2.29. The summed E-state index contributed by atoms with van der Waals surface area (Å²) in [5.41, 5.74) is 0. The second-order valence-corrected chi connectivity index (χ2v) is 9.55. The number of hydrogen-bond acceptors (Lipinski definition) is 7. The van der Waals surface area contributed by atoms with Crippen molar-refractivity contribution in [1.29, 1.82) is 0 Å². The molecule has 3 heterocycles. The summed E-state index contributed by atoms with van der Waals surface area (Å²) in [6.07, 6.45) is 0. The van der Waals surface area contributed by atoms with Gasteiger partial charge in [0.1, 0.15) is 5.82 Å². The standard InChI is InChI=1S/C16H15FN4O2S3/c17-12-3-5-13(6-4-12)26(22,23)21-9-7-20(8-10-21)16-19-18-15(25-16)14-2-1-11-24-14/h1-6,11H,7-10H2. The van der Waals surface area contributed by atoms with Crippen molar-refractivity contribution in [3.63, 3.8) is 0 Å². The highest BCUT2D eigenvalue weighted by Crippen LogP contribution is 2.32. The Bertz CT molecular complexity index is 979. The third-order valence-electron chi connectivity index (χ3n) is 4.11. The van der Waals surface area contributed by atoms with Crippen molar-refractivity contribution >= 4 is 37.8 Å². The molecule has 0 spiro atoms. The molecule has 2 aromatic heterocycles. The number of aromatic nitrogens is 2. The topological polar surface area (TPSA) is 66.4 Å². The van der Waals surface area contributed by atoms with Crippen molar-refractivity contribution < 1.29 is 12.8 Å². The normalized spacial score (nSPS) is 16.1. The molecule has 26 heavy (non-hydrogen) atoms. The van der Waals surface area contributed by atoms with Gasteiger partial charge in [-0.3, -0.25) is 0 Å². The van der Waals surface area contributed by atoms with E-state index in [1.807, 2.05) is 22.4 Å². The van der Waals surface area contributed by atoms with Crippen LogP contribution in [0.1, 0.15) is 0 Å². The second-order valence-electron chi connectivity index (χ2n) is 5.71. The first kappa shape index (κ1) is 17.5. The van der Waals surface area contributed by atoms with E-state index in [1.54, 1.807) is 11.3 Å². The van der Waals surface area contributed by atoms with E-state index in [2.05, 4.69) is 10.2 Å². The fraction of sp³-hybridized carbons (Fsp3) is 0.250. The number of nitrogens with zero attached hydrogens (tertiary/aromatic N) is 4. The predicted octanol–water partition coefficient (Wildman–Crippen LogP) is 2.92. The summed E-state index contributed by atoms with van der Waals surface area (Å²) in [6.45, 7) is 1.79. The van der Waals surface area contributed by atoms with E-state index in [0.717, 1.165) is 27.1 Å². The van der Waals surface area contributed by atoms with Crippen LogP contribution in [0.15, 0.2) is 46.7 Å². The van der Waals surface area contributed by atoms with E-state index >= 15 is 0 Å². The Morgan fingerprint density at radius 2 is 1.73 bits per heavy atom. The highest BCUT2D eigenvalue weighted by atomic mass is 32.2. The summed E-state index contributed by atoms with van der Waals surface area (Å²) in [5.74, 6) is -0.452. The zero-order chi connectivity index (χ0) is 18.1. The SMILES string of the molecule is O=S(=O)(c1ccc(F)cc1)N1CCN(c2nnc(-c3cccs3)s2)CC1. The minimum absolute atomic E-state index is 0.114. The van der Waals surface area contributed by atoms with E-state index in [1.165, 1.54) is 27.8 Å². The summed E-state index contributed by atoms with van der Waals surface area (Å²) in [4.78, 5) is 3.24. The molecule has 0 radical (unpaired) electrons. The fourth-order valence-electron chi connectivity index (χ4n) is 2.72. The van der Waals surface area contributed by atoms with Gasteiger partial charge in [-0.25, -0.2) is 12.8 Å². The molecule has 0 aliphatic carbocycles. The van der Waals surface area contributed by atoms with Crippen LogP contribution < -0.4 is 4.90 Å². The summed E-state index contributed by atoms with van der Waals surface area (Å²) in [5, 5.41) is 12.1. The van der Waals surface area contributed by atoms with Gasteiger partial charge in [-0.1, -0.05) is 17.4 Å². The Morgan fingerprint density at radius 3 is 2.38 bits per heavy atom. The van der Waals surface area contributed by atoms with Crippen LogP contribution in [0.3, 0.4) is 0 Å². The Balaban J connectivity index is 1.45. The van der Waals surface area contributed by atoms with Crippen molar-refractivity contribution in [3.8, 4) is 9.88 Å². The molecule has 136 valence electrons. The minimum atomic E-state index is -3.61.